The van der Waals surface area contributed by atoms with Gasteiger partial charge in [-0.15, -0.1) is 0 Å². The predicted octanol–water partition coefficient (Wildman–Crippen LogP) is 5.78. The Morgan fingerprint density at radius 2 is 1.88 bits per heavy atom. The number of aromatic nitrogens is 1. The lowest BCUT2D eigenvalue weighted by Crippen LogP contribution is -2.06. The van der Waals surface area contributed by atoms with Gasteiger partial charge in [0.25, 0.3) is 0 Å². The van der Waals surface area contributed by atoms with Gasteiger partial charge in [0, 0.05) is 27.5 Å². The van der Waals surface area contributed by atoms with Crippen LogP contribution in [0.2, 0.25) is 5.02 Å². The molecule has 6 heteroatoms. The first kappa shape index (κ1) is 17.5. The molecule has 3 rings (SSSR count). The van der Waals surface area contributed by atoms with E-state index in [1.54, 1.807) is 18.5 Å². The molecule has 25 heavy (non-hydrogen) atoms. The maximum absolute atomic E-state index is 9.52. The highest BCUT2D eigenvalue weighted by molar-refractivity contribution is 9.10. The Morgan fingerprint density at radius 3 is 2.56 bits per heavy atom. The van der Waals surface area contributed by atoms with Gasteiger partial charge < -0.3 is 10.5 Å². The van der Waals surface area contributed by atoms with Gasteiger partial charge in [0.1, 0.15) is 5.71 Å². The van der Waals surface area contributed by atoms with E-state index in [2.05, 4.69) is 31.4 Å². The number of rotatable bonds is 4. The lowest BCUT2D eigenvalue weighted by atomic mass is 9.98. The van der Waals surface area contributed by atoms with Crippen molar-refractivity contribution in [3.05, 3.63) is 87.1 Å². The van der Waals surface area contributed by atoms with E-state index in [1.165, 1.54) is 0 Å². The van der Waals surface area contributed by atoms with E-state index in [0.717, 1.165) is 27.0 Å². The Balaban J connectivity index is 1.93. The molecule has 0 aliphatic heterocycles. The van der Waals surface area contributed by atoms with E-state index in [-0.39, 0.29) is 0 Å². The summed E-state index contributed by atoms with van der Waals surface area (Å²) in [5, 5.41) is 16.7. The van der Waals surface area contributed by atoms with Crippen molar-refractivity contribution in [2.24, 2.45) is 5.16 Å². The normalized spacial score (nSPS) is 11.4. The summed E-state index contributed by atoms with van der Waals surface area (Å²) in [5.41, 5.74) is 4.61. The molecule has 1 aromatic heterocycles. The van der Waals surface area contributed by atoms with Crippen LogP contribution < -0.4 is 5.32 Å². The molecule has 2 N–H and O–H groups in total. The molecule has 3 aromatic rings. The van der Waals surface area contributed by atoms with Crippen LogP contribution in [-0.2, 0) is 0 Å². The first-order valence-corrected chi connectivity index (χ1v) is 8.71. The fourth-order valence-electron chi connectivity index (χ4n) is 2.52. The number of nitrogens with zero attached hydrogens (tertiary/aromatic N) is 2. The zero-order valence-electron chi connectivity index (χ0n) is 13.4. The zero-order chi connectivity index (χ0) is 17.8. The van der Waals surface area contributed by atoms with Crippen molar-refractivity contribution in [1.29, 1.82) is 0 Å². The van der Waals surface area contributed by atoms with E-state index in [1.807, 2.05) is 49.4 Å². The molecule has 0 saturated heterocycles. The van der Waals surface area contributed by atoms with Crippen LogP contribution in [0.15, 0.2) is 70.6 Å². The van der Waals surface area contributed by atoms with Gasteiger partial charge in [-0.05, 0) is 52.7 Å². The van der Waals surface area contributed by atoms with E-state index < -0.39 is 0 Å². The summed E-state index contributed by atoms with van der Waals surface area (Å²) in [6, 6.07) is 15.1. The van der Waals surface area contributed by atoms with E-state index >= 15 is 0 Å². The van der Waals surface area contributed by atoms with Gasteiger partial charge in [-0.3, -0.25) is 4.98 Å². The van der Waals surface area contributed by atoms with Crippen molar-refractivity contribution in [3.63, 3.8) is 0 Å². The Labute approximate surface area is 159 Å². The van der Waals surface area contributed by atoms with Crippen LogP contribution in [0.4, 0.5) is 11.4 Å². The molecule has 0 atom stereocenters. The summed E-state index contributed by atoms with van der Waals surface area (Å²) in [6.07, 6.45) is 3.44. The molecule has 0 bridgehead atoms. The highest BCUT2D eigenvalue weighted by atomic mass is 79.9. The molecule has 0 fully saturated rings. The van der Waals surface area contributed by atoms with E-state index in [4.69, 9.17) is 11.6 Å². The smallest absolute Gasteiger partial charge is 0.118 e. The first-order chi connectivity index (χ1) is 12.1. The lowest BCUT2D eigenvalue weighted by Gasteiger charge is -2.12. The van der Waals surface area contributed by atoms with Crippen LogP contribution >= 0.6 is 27.5 Å². The minimum Gasteiger partial charge on any atom is -0.410 e. The van der Waals surface area contributed by atoms with E-state index in [9.17, 15) is 5.21 Å². The number of anilines is 2. The number of benzene rings is 2. The average molecular weight is 417 g/mol. The summed E-state index contributed by atoms with van der Waals surface area (Å²) in [6.45, 7) is 1.96. The van der Waals surface area contributed by atoms with E-state index in [0.29, 0.717) is 16.3 Å². The van der Waals surface area contributed by atoms with Gasteiger partial charge in [0.2, 0.25) is 0 Å². The minimum atomic E-state index is 0.443. The highest BCUT2D eigenvalue weighted by Gasteiger charge is 2.14. The summed E-state index contributed by atoms with van der Waals surface area (Å²) < 4.78 is 0.884. The van der Waals surface area contributed by atoms with Gasteiger partial charge in [0.05, 0.1) is 16.9 Å². The third-order valence-electron chi connectivity index (χ3n) is 3.72. The summed E-state index contributed by atoms with van der Waals surface area (Å²) in [7, 11) is 0. The quantitative estimate of drug-likeness (QED) is 0.322. The molecule has 0 amide bonds. The number of pyridine rings is 1. The lowest BCUT2D eigenvalue weighted by molar-refractivity contribution is 0.319. The zero-order valence-corrected chi connectivity index (χ0v) is 15.7. The molecule has 0 aliphatic carbocycles. The van der Waals surface area contributed by atoms with Gasteiger partial charge >= 0.3 is 0 Å². The molecule has 4 nitrogen and oxygen atoms in total. The summed E-state index contributed by atoms with van der Waals surface area (Å²) >= 11 is 9.84. The third kappa shape index (κ3) is 4.00. The fourth-order valence-corrected chi connectivity index (χ4v) is 3.16. The molecule has 0 aliphatic rings. The topological polar surface area (TPSA) is 57.5 Å². The maximum atomic E-state index is 9.52. The fraction of sp³-hybridized carbons (Fsp3) is 0.0526. The average Bonchev–Trinajstić information content (AvgIpc) is 2.59. The number of aryl methyl sites for hydroxylation is 1. The SMILES string of the molecule is Cc1ccccc1C(=NO)c1ccc(Nc2cncc(Br)c2)cc1Cl. The molecular weight excluding hydrogens is 402 g/mol. The number of halogens is 2. The van der Waals surface area contributed by atoms with Gasteiger partial charge in [0.15, 0.2) is 0 Å². The molecule has 2 aromatic carbocycles. The van der Waals surface area contributed by atoms with Gasteiger partial charge in [-0.25, -0.2) is 0 Å². The van der Waals surface area contributed by atoms with Crippen molar-refractivity contribution in [2.45, 2.75) is 6.92 Å². The maximum Gasteiger partial charge on any atom is 0.118 e. The van der Waals surface area contributed by atoms with Crippen molar-refractivity contribution < 1.29 is 5.21 Å². The van der Waals surface area contributed by atoms with Crippen LogP contribution in [-0.4, -0.2) is 15.9 Å². The number of hydrogen-bond acceptors (Lipinski definition) is 4. The Bertz CT molecular complexity index is 943. The molecule has 1 heterocycles. The summed E-state index contributed by atoms with van der Waals surface area (Å²) in [4.78, 5) is 4.12. The second-order valence-electron chi connectivity index (χ2n) is 5.47. The monoisotopic (exact) mass is 415 g/mol. The Hall–Kier alpha value is -2.37. The molecule has 0 radical (unpaired) electrons. The van der Waals surface area contributed by atoms with Crippen LogP contribution in [0, 0.1) is 6.92 Å². The predicted molar refractivity (Wildman–Crippen MR) is 105 cm³/mol. The van der Waals surface area contributed by atoms with Crippen molar-refractivity contribution in [1.82, 2.24) is 4.98 Å². The van der Waals surface area contributed by atoms with Crippen molar-refractivity contribution >= 4 is 44.6 Å². The van der Waals surface area contributed by atoms with Crippen LogP contribution in [0.1, 0.15) is 16.7 Å². The molecule has 126 valence electrons. The van der Waals surface area contributed by atoms with Crippen LogP contribution in [0.5, 0.6) is 0 Å². The van der Waals surface area contributed by atoms with Crippen molar-refractivity contribution in [2.75, 3.05) is 5.32 Å². The number of nitrogens with one attached hydrogen (secondary N) is 1. The molecule has 0 spiro atoms. The molecular formula is C19H15BrClN3O. The highest BCUT2D eigenvalue weighted by Crippen LogP contribution is 2.27. The molecule has 0 unspecified atom stereocenters. The van der Waals surface area contributed by atoms with Crippen molar-refractivity contribution in [3.8, 4) is 0 Å². The Kier molecular flexibility index (Phi) is 5.36. The van der Waals surface area contributed by atoms with Crippen LogP contribution in [0.25, 0.3) is 0 Å². The number of oxime groups is 1. The minimum absolute atomic E-state index is 0.443. The standard InChI is InChI=1S/C19H15BrClN3O/c1-12-4-2-3-5-16(12)19(24-25)17-7-6-14(9-18(17)21)23-15-8-13(20)10-22-11-15/h2-11,23,25H,1H3. The number of hydrogen-bond donors (Lipinski definition) is 2. The third-order valence-corrected chi connectivity index (χ3v) is 4.46. The second-order valence-corrected chi connectivity index (χ2v) is 6.80. The summed E-state index contributed by atoms with van der Waals surface area (Å²) in [5.74, 6) is 0. The second kappa shape index (κ2) is 7.68. The first-order valence-electron chi connectivity index (χ1n) is 7.54. The van der Waals surface area contributed by atoms with Crippen LogP contribution in [0.3, 0.4) is 0 Å². The Morgan fingerprint density at radius 1 is 1.08 bits per heavy atom. The van der Waals surface area contributed by atoms with Gasteiger partial charge in [-0.2, -0.15) is 0 Å². The van der Waals surface area contributed by atoms with Gasteiger partial charge in [-0.1, -0.05) is 41.0 Å². The largest absolute Gasteiger partial charge is 0.410 e. The molecule has 0 saturated carbocycles.